The molecule has 0 bridgehead atoms. The van der Waals surface area contributed by atoms with Crippen molar-refractivity contribution in [2.24, 2.45) is 0 Å². The van der Waals surface area contributed by atoms with Gasteiger partial charge in [0.05, 0.1) is 17.6 Å². The fraction of sp³-hybridized carbons (Fsp3) is 0.280. The summed E-state index contributed by atoms with van der Waals surface area (Å²) >= 11 is 0. The van der Waals surface area contributed by atoms with Gasteiger partial charge >= 0.3 is 6.09 Å². The highest BCUT2D eigenvalue weighted by Crippen LogP contribution is 2.27. The summed E-state index contributed by atoms with van der Waals surface area (Å²) in [5.74, 6) is 1.29. The molecule has 1 unspecified atom stereocenters. The molecule has 0 spiro atoms. The highest BCUT2D eigenvalue weighted by molar-refractivity contribution is 5.88. The van der Waals surface area contributed by atoms with Crippen LogP contribution < -0.4 is 10.2 Å². The number of ether oxygens (including phenoxy) is 1. The summed E-state index contributed by atoms with van der Waals surface area (Å²) < 4.78 is 7.37. The van der Waals surface area contributed by atoms with E-state index in [1.54, 1.807) is 6.92 Å². The third-order valence-electron chi connectivity index (χ3n) is 5.98. The molecule has 2 aromatic carbocycles. The molecular weight excluding hydrogens is 416 g/mol. The monoisotopic (exact) mass is 442 g/mol. The predicted molar refractivity (Wildman–Crippen MR) is 128 cm³/mol. The molecule has 0 radical (unpaired) electrons. The molecule has 1 N–H and O–H groups in total. The van der Waals surface area contributed by atoms with Gasteiger partial charge in [-0.15, -0.1) is 0 Å². The highest BCUT2D eigenvalue weighted by atomic mass is 16.6. The molecule has 4 aromatic rings. The van der Waals surface area contributed by atoms with Crippen molar-refractivity contribution in [3.63, 3.8) is 0 Å². The van der Waals surface area contributed by atoms with Gasteiger partial charge in [0, 0.05) is 17.3 Å². The SMILES string of the molecule is CC[C@H]1COC(=O)N1c1nc(C)nc(NC(C)c2ccc3c(ccn3-c3ccccc3)c2)n1. The summed E-state index contributed by atoms with van der Waals surface area (Å²) in [5, 5.41) is 4.52. The average molecular weight is 443 g/mol. The Balaban J connectivity index is 1.40. The molecule has 3 heterocycles. The molecule has 8 heteroatoms. The number of amides is 1. The zero-order chi connectivity index (χ0) is 22.9. The number of para-hydroxylation sites is 1. The Morgan fingerprint density at radius 1 is 1.12 bits per heavy atom. The van der Waals surface area contributed by atoms with Crippen LogP contribution in [0, 0.1) is 6.92 Å². The van der Waals surface area contributed by atoms with Crippen LogP contribution in [0.1, 0.15) is 37.7 Å². The largest absolute Gasteiger partial charge is 0.447 e. The van der Waals surface area contributed by atoms with Crippen molar-refractivity contribution in [2.45, 2.75) is 39.3 Å². The summed E-state index contributed by atoms with van der Waals surface area (Å²) in [6.07, 6.45) is 2.43. The fourth-order valence-corrected chi connectivity index (χ4v) is 4.17. The number of nitrogens with one attached hydrogen (secondary N) is 1. The van der Waals surface area contributed by atoms with Crippen molar-refractivity contribution >= 4 is 28.9 Å². The van der Waals surface area contributed by atoms with E-state index in [-0.39, 0.29) is 12.1 Å². The predicted octanol–water partition coefficient (Wildman–Crippen LogP) is 5.03. The quantitative estimate of drug-likeness (QED) is 0.451. The zero-order valence-electron chi connectivity index (χ0n) is 18.9. The van der Waals surface area contributed by atoms with Crippen LogP contribution in [-0.4, -0.2) is 38.3 Å². The van der Waals surface area contributed by atoms with Crippen LogP contribution in [0.25, 0.3) is 16.6 Å². The van der Waals surface area contributed by atoms with Gasteiger partial charge in [-0.25, -0.2) is 9.69 Å². The number of hydrogen-bond acceptors (Lipinski definition) is 6. The van der Waals surface area contributed by atoms with Gasteiger partial charge in [0.15, 0.2) is 0 Å². The van der Waals surface area contributed by atoms with Crippen LogP contribution in [-0.2, 0) is 4.74 Å². The van der Waals surface area contributed by atoms with Crippen molar-refractivity contribution in [2.75, 3.05) is 16.8 Å². The maximum absolute atomic E-state index is 12.2. The van der Waals surface area contributed by atoms with Crippen molar-refractivity contribution < 1.29 is 9.53 Å². The van der Waals surface area contributed by atoms with Crippen LogP contribution in [0.3, 0.4) is 0 Å². The van der Waals surface area contributed by atoms with E-state index < -0.39 is 6.09 Å². The summed E-state index contributed by atoms with van der Waals surface area (Å²) in [7, 11) is 0. The molecule has 1 saturated heterocycles. The zero-order valence-corrected chi connectivity index (χ0v) is 18.9. The van der Waals surface area contributed by atoms with Crippen molar-refractivity contribution in [3.8, 4) is 5.69 Å². The van der Waals surface area contributed by atoms with E-state index in [0.29, 0.717) is 24.3 Å². The standard InChI is InChI=1S/C25H26N6O2/c1-4-20-15-33-25(32)31(20)24-28-17(3)27-23(29-24)26-16(2)18-10-11-22-19(14-18)12-13-30(22)21-8-6-5-7-9-21/h5-14,16,20H,4,15H2,1-3H3,(H,26,27,28,29)/t16?,20-/m0/s1. The number of aryl methyl sites for hydroxylation is 1. The Morgan fingerprint density at radius 2 is 1.94 bits per heavy atom. The molecule has 1 aliphatic heterocycles. The normalized spacial score (nSPS) is 16.8. The van der Waals surface area contributed by atoms with Gasteiger partial charge in [-0.2, -0.15) is 15.0 Å². The molecule has 168 valence electrons. The third-order valence-corrected chi connectivity index (χ3v) is 5.98. The lowest BCUT2D eigenvalue weighted by atomic mass is 10.1. The number of carbonyl (C=O) groups is 1. The summed E-state index contributed by atoms with van der Waals surface area (Å²) in [6.45, 7) is 6.22. The average Bonchev–Trinajstić information content (AvgIpc) is 3.41. The molecule has 2 aromatic heterocycles. The second-order valence-corrected chi connectivity index (χ2v) is 8.22. The maximum Gasteiger partial charge on any atom is 0.417 e. The minimum atomic E-state index is -0.417. The van der Waals surface area contributed by atoms with E-state index in [9.17, 15) is 4.79 Å². The Labute approximate surface area is 192 Å². The smallest absolute Gasteiger partial charge is 0.417 e. The number of nitrogens with zero attached hydrogens (tertiary/aromatic N) is 5. The number of cyclic esters (lactones) is 1. The second kappa shape index (κ2) is 8.54. The molecule has 1 fully saturated rings. The Bertz CT molecular complexity index is 1300. The van der Waals surface area contributed by atoms with Gasteiger partial charge in [-0.1, -0.05) is 31.2 Å². The topological polar surface area (TPSA) is 85.2 Å². The number of hydrogen-bond donors (Lipinski definition) is 1. The van der Waals surface area contributed by atoms with Crippen LogP contribution >= 0.6 is 0 Å². The first-order valence-electron chi connectivity index (χ1n) is 11.1. The molecule has 1 aliphatic rings. The molecule has 33 heavy (non-hydrogen) atoms. The molecule has 5 rings (SSSR count). The fourth-order valence-electron chi connectivity index (χ4n) is 4.17. The van der Waals surface area contributed by atoms with Crippen molar-refractivity contribution in [1.82, 2.24) is 19.5 Å². The van der Waals surface area contributed by atoms with E-state index >= 15 is 0 Å². The maximum atomic E-state index is 12.2. The van der Waals surface area contributed by atoms with E-state index in [2.05, 4.69) is 74.4 Å². The molecular formula is C25H26N6O2. The van der Waals surface area contributed by atoms with Gasteiger partial charge in [-0.3, -0.25) is 0 Å². The van der Waals surface area contributed by atoms with E-state index in [1.807, 2.05) is 25.1 Å². The molecule has 2 atom stereocenters. The van der Waals surface area contributed by atoms with Gasteiger partial charge in [0.25, 0.3) is 0 Å². The van der Waals surface area contributed by atoms with Crippen LogP contribution in [0.15, 0.2) is 60.8 Å². The third kappa shape index (κ3) is 4.00. The molecule has 1 amide bonds. The lowest BCUT2D eigenvalue weighted by Gasteiger charge is -2.20. The lowest BCUT2D eigenvalue weighted by molar-refractivity contribution is 0.178. The molecule has 0 aliphatic carbocycles. The number of benzene rings is 2. The van der Waals surface area contributed by atoms with E-state index in [0.717, 1.165) is 28.6 Å². The van der Waals surface area contributed by atoms with Crippen molar-refractivity contribution in [1.29, 1.82) is 0 Å². The van der Waals surface area contributed by atoms with Crippen LogP contribution in [0.2, 0.25) is 0 Å². The number of fused-ring (bicyclic) bond motifs is 1. The minimum Gasteiger partial charge on any atom is -0.447 e. The van der Waals surface area contributed by atoms with E-state index in [4.69, 9.17) is 4.74 Å². The second-order valence-electron chi connectivity index (χ2n) is 8.22. The molecule has 8 nitrogen and oxygen atoms in total. The first-order valence-corrected chi connectivity index (χ1v) is 11.1. The minimum absolute atomic E-state index is 0.0448. The van der Waals surface area contributed by atoms with Gasteiger partial charge in [-0.05, 0) is 56.2 Å². The lowest BCUT2D eigenvalue weighted by Crippen LogP contribution is -2.34. The first kappa shape index (κ1) is 20.9. The number of rotatable bonds is 6. The number of aromatic nitrogens is 4. The summed E-state index contributed by atoms with van der Waals surface area (Å²) in [6, 6.07) is 18.7. The van der Waals surface area contributed by atoms with Crippen molar-refractivity contribution in [3.05, 3.63) is 72.2 Å². The highest BCUT2D eigenvalue weighted by Gasteiger charge is 2.35. The first-order chi connectivity index (χ1) is 16.0. The summed E-state index contributed by atoms with van der Waals surface area (Å²) in [5.41, 5.74) is 3.39. The Kier molecular flexibility index (Phi) is 5.42. The van der Waals surface area contributed by atoms with E-state index in [1.165, 1.54) is 4.90 Å². The number of anilines is 2. The van der Waals surface area contributed by atoms with Gasteiger partial charge in [0.1, 0.15) is 12.4 Å². The van der Waals surface area contributed by atoms with Gasteiger partial charge < -0.3 is 14.6 Å². The Hall–Kier alpha value is -3.94. The summed E-state index contributed by atoms with van der Waals surface area (Å²) in [4.78, 5) is 27.1. The number of carbonyl (C=O) groups excluding carboxylic acids is 1. The van der Waals surface area contributed by atoms with Crippen LogP contribution in [0.4, 0.5) is 16.7 Å². The molecule has 0 saturated carbocycles. The Morgan fingerprint density at radius 3 is 2.73 bits per heavy atom. The van der Waals surface area contributed by atoms with Crippen LogP contribution in [0.5, 0.6) is 0 Å². The van der Waals surface area contributed by atoms with Gasteiger partial charge in [0.2, 0.25) is 11.9 Å².